The van der Waals surface area contributed by atoms with Crippen molar-refractivity contribution in [2.45, 2.75) is 32.5 Å². The molecular formula is C13H19N3O2. The van der Waals surface area contributed by atoms with Gasteiger partial charge in [-0.05, 0) is 26.0 Å². The molecular weight excluding hydrogens is 230 g/mol. The number of nitrogens with two attached hydrogens (primary N) is 1. The Kier molecular flexibility index (Phi) is 3.81. The van der Waals surface area contributed by atoms with E-state index < -0.39 is 0 Å². The van der Waals surface area contributed by atoms with Gasteiger partial charge >= 0.3 is 0 Å². The average Bonchev–Trinajstić information content (AvgIpc) is 2.31. The summed E-state index contributed by atoms with van der Waals surface area (Å²) in [5.41, 5.74) is 6.92. The van der Waals surface area contributed by atoms with Gasteiger partial charge in [0.1, 0.15) is 0 Å². The van der Waals surface area contributed by atoms with E-state index in [4.69, 9.17) is 10.5 Å². The summed E-state index contributed by atoms with van der Waals surface area (Å²) in [7, 11) is 0. The molecule has 1 amide bonds. The summed E-state index contributed by atoms with van der Waals surface area (Å²) in [5, 5.41) is 0. The number of hydrogen-bond acceptors (Lipinski definition) is 4. The predicted octanol–water partition coefficient (Wildman–Crippen LogP) is 0.842. The Bertz CT molecular complexity index is 409. The van der Waals surface area contributed by atoms with Crippen LogP contribution in [-0.4, -0.2) is 41.1 Å². The molecule has 1 aromatic heterocycles. The van der Waals surface area contributed by atoms with Crippen LogP contribution in [0.4, 0.5) is 5.69 Å². The number of anilines is 1. The molecule has 0 saturated carbocycles. The Morgan fingerprint density at radius 1 is 1.44 bits per heavy atom. The Labute approximate surface area is 107 Å². The van der Waals surface area contributed by atoms with Crippen LogP contribution in [0.15, 0.2) is 18.3 Å². The molecule has 0 radical (unpaired) electrons. The molecule has 1 aromatic rings. The van der Waals surface area contributed by atoms with Gasteiger partial charge in [-0.2, -0.15) is 0 Å². The third-order valence-electron chi connectivity index (χ3n) is 2.95. The van der Waals surface area contributed by atoms with Crippen molar-refractivity contribution in [2.75, 3.05) is 18.8 Å². The molecule has 2 rings (SSSR count). The topological polar surface area (TPSA) is 68.5 Å². The van der Waals surface area contributed by atoms with Crippen molar-refractivity contribution in [2.24, 2.45) is 0 Å². The smallest absolute Gasteiger partial charge is 0.228 e. The highest BCUT2D eigenvalue weighted by molar-refractivity contribution is 5.78. The molecule has 0 spiro atoms. The number of nitrogen functional groups attached to an aromatic ring is 1. The molecule has 0 aromatic carbocycles. The standard InChI is InChI=1S/C13H19N3O2/c1-9-7-16(8-10(2)18-9)13(17)5-12-4-3-11(14)6-15-12/h3-4,6,9-10H,5,7-8,14H2,1-2H3/t9-,10+. The second-order valence-corrected chi connectivity index (χ2v) is 4.82. The van der Waals surface area contributed by atoms with Crippen molar-refractivity contribution in [3.63, 3.8) is 0 Å². The Morgan fingerprint density at radius 2 is 2.11 bits per heavy atom. The molecule has 0 aliphatic carbocycles. The summed E-state index contributed by atoms with van der Waals surface area (Å²) in [6.45, 7) is 5.27. The Hall–Kier alpha value is -1.62. The number of carbonyl (C=O) groups is 1. The summed E-state index contributed by atoms with van der Waals surface area (Å²) < 4.78 is 5.61. The minimum absolute atomic E-state index is 0.0919. The monoisotopic (exact) mass is 249 g/mol. The third-order valence-corrected chi connectivity index (χ3v) is 2.95. The van der Waals surface area contributed by atoms with Crippen LogP contribution in [0.3, 0.4) is 0 Å². The van der Waals surface area contributed by atoms with Crippen LogP contribution in [-0.2, 0) is 16.0 Å². The molecule has 1 aliphatic rings. The fourth-order valence-corrected chi connectivity index (χ4v) is 2.19. The first-order chi connectivity index (χ1) is 8.54. The van der Waals surface area contributed by atoms with Crippen LogP contribution in [0.5, 0.6) is 0 Å². The molecule has 5 heteroatoms. The molecule has 2 atom stereocenters. The van der Waals surface area contributed by atoms with Gasteiger partial charge in [0, 0.05) is 18.8 Å². The number of ether oxygens (including phenoxy) is 1. The summed E-state index contributed by atoms with van der Waals surface area (Å²) >= 11 is 0. The van der Waals surface area contributed by atoms with Gasteiger partial charge in [-0.15, -0.1) is 0 Å². The van der Waals surface area contributed by atoms with Gasteiger partial charge in [0.2, 0.25) is 5.91 Å². The number of amides is 1. The number of hydrogen-bond donors (Lipinski definition) is 1. The normalized spacial score (nSPS) is 24.0. The first-order valence-corrected chi connectivity index (χ1v) is 6.18. The molecule has 2 N–H and O–H groups in total. The lowest BCUT2D eigenvalue weighted by molar-refractivity contribution is -0.142. The van der Waals surface area contributed by atoms with Crippen LogP contribution in [0.25, 0.3) is 0 Å². The lowest BCUT2D eigenvalue weighted by atomic mass is 10.2. The van der Waals surface area contributed by atoms with Gasteiger partial charge in [0.25, 0.3) is 0 Å². The third kappa shape index (κ3) is 3.20. The predicted molar refractivity (Wildman–Crippen MR) is 68.9 cm³/mol. The quantitative estimate of drug-likeness (QED) is 0.843. The van der Waals surface area contributed by atoms with Gasteiger partial charge in [-0.3, -0.25) is 9.78 Å². The van der Waals surface area contributed by atoms with E-state index in [0.29, 0.717) is 25.2 Å². The molecule has 5 nitrogen and oxygen atoms in total. The first-order valence-electron chi connectivity index (χ1n) is 6.18. The molecule has 1 fully saturated rings. The summed E-state index contributed by atoms with van der Waals surface area (Å²) in [5.74, 6) is 0.0919. The number of carbonyl (C=O) groups excluding carboxylic acids is 1. The fraction of sp³-hybridized carbons (Fsp3) is 0.538. The van der Waals surface area contributed by atoms with Crippen LogP contribution in [0.1, 0.15) is 19.5 Å². The SMILES string of the molecule is C[C@@H]1CN(C(=O)Cc2ccc(N)cn2)C[C@H](C)O1. The van der Waals surface area contributed by atoms with Gasteiger partial charge in [0.15, 0.2) is 0 Å². The maximum atomic E-state index is 12.1. The molecule has 2 heterocycles. The fourth-order valence-electron chi connectivity index (χ4n) is 2.19. The number of aromatic nitrogens is 1. The van der Waals surface area contributed by atoms with E-state index in [1.54, 1.807) is 18.3 Å². The first kappa shape index (κ1) is 12.8. The van der Waals surface area contributed by atoms with Gasteiger partial charge in [-0.25, -0.2) is 0 Å². The minimum Gasteiger partial charge on any atom is -0.397 e. The van der Waals surface area contributed by atoms with Crippen molar-refractivity contribution >= 4 is 11.6 Å². The highest BCUT2D eigenvalue weighted by Crippen LogP contribution is 2.12. The van der Waals surface area contributed by atoms with Gasteiger partial charge in [-0.1, -0.05) is 0 Å². The van der Waals surface area contributed by atoms with E-state index in [1.165, 1.54) is 0 Å². The number of morpholine rings is 1. The number of pyridine rings is 1. The van der Waals surface area contributed by atoms with Crippen LogP contribution in [0.2, 0.25) is 0 Å². The van der Waals surface area contributed by atoms with E-state index in [2.05, 4.69) is 4.98 Å². The van der Waals surface area contributed by atoms with E-state index in [-0.39, 0.29) is 18.1 Å². The molecule has 0 unspecified atom stereocenters. The summed E-state index contributed by atoms with van der Waals surface area (Å²) in [6.07, 6.45) is 2.08. The van der Waals surface area contributed by atoms with Crippen molar-refractivity contribution in [1.29, 1.82) is 0 Å². The second-order valence-electron chi connectivity index (χ2n) is 4.82. The lowest BCUT2D eigenvalue weighted by Gasteiger charge is -2.35. The van der Waals surface area contributed by atoms with Crippen molar-refractivity contribution in [3.05, 3.63) is 24.0 Å². The second kappa shape index (κ2) is 5.35. The minimum atomic E-state index is 0.0919. The van der Waals surface area contributed by atoms with Crippen molar-refractivity contribution in [1.82, 2.24) is 9.88 Å². The maximum Gasteiger partial charge on any atom is 0.228 e. The van der Waals surface area contributed by atoms with Crippen LogP contribution < -0.4 is 5.73 Å². The zero-order valence-corrected chi connectivity index (χ0v) is 10.8. The van der Waals surface area contributed by atoms with Gasteiger partial charge in [0.05, 0.1) is 30.5 Å². The summed E-state index contributed by atoms with van der Waals surface area (Å²) in [4.78, 5) is 18.1. The molecule has 1 saturated heterocycles. The average molecular weight is 249 g/mol. The number of nitrogens with zero attached hydrogens (tertiary/aromatic N) is 2. The highest BCUT2D eigenvalue weighted by Gasteiger charge is 2.25. The molecule has 0 bridgehead atoms. The van der Waals surface area contributed by atoms with Crippen molar-refractivity contribution < 1.29 is 9.53 Å². The van der Waals surface area contributed by atoms with E-state index >= 15 is 0 Å². The lowest BCUT2D eigenvalue weighted by Crippen LogP contribution is -2.48. The molecule has 18 heavy (non-hydrogen) atoms. The zero-order valence-electron chi connectivity index (χ0n) is 10.8. The van der Waals surface area contributed by atoms with E-state index in [0.717, 1.165) is 5.69 Å². The largest absolute Gasteiger partial charge is 0.397 e. The summed E-state index contributed by atoms with van der Waals surface area (Å²) in [6, 6.07) is 3.56. The number of rotatable bonds is 2. The van der Waals surface area contributed by atoms with Crippen molar-refractivity contribution in [3.8, 4) is 0 Å². The van der Waals surface area contributed by atoms with Gasteiger partial charge < -0.3 is 15.4 Å². The molecule has 1 aliphatic heterocycles. The van der Waals surface area contributed by atoms with E-state index in [1.807, 2.05) is 18.7 Å². The maximum absolute atomic E-state index is 12.1. The van der Waals surface area contributed by atoms with E-state index in [9.17, 15) is 4.79 Å². The Balaban J connectivity index is 1.97. The Morgan fingerprint density at radius 3 is 2.67 bits per heavy atom. The zero-order chi connectivity index (χ0) is 13.1. The van der Waals surface area contributed by atoms with Crippen LogP contribution >= 0.6 is 0 Å². The molecule has 98 valence electrons. The van der Waals surface area contributed by atoms with Crippen LogP contribution in [0, 0.1) is 0 Å². The highest BCUT2D eigenvalue weighted by atomic mass is 16.5.